The SMILES string of the molecule is COC(=O)c1cc2nc3n(c2cc1S(C)(=O)=O)CCN(c1nccc(C(F)(F)F)n1)C3. The summed E-state index contributed by atoms with van der Waals surface area (Å²) in [6, 6.07) is 3.50. The molecule has 4 rings (SSSR count). The van der Waals surface area contributed by atoms with Crippen LogP contribution in [-0.2, 0) is 33.8 Å². The van der Waals surface area contributed by atoms with Crippen LogP contribution in [-0.4, -0.2) is 53.8 Å². The Morgan fingerprint density at radius 3 is 2.58 bits per heavy atom. The molecule has 0 saturated carbocycles. The third kappa shape index (κ3) is 3.80. The molecule has 9 nitrogen and oxygen atoms in total. The molecular formula is C18H16F3N5O4S. The van der Waals surface area contributed by atoms with Crippen LogP contribution in [0.4, 0.5) is 19.1 Å². The highest BCUT2D eigenvalue weighted by Gasteiger charge is 2.34. The van der Waals surface area contributed by atoms with Gasteiger partial charge in [0.2, 0.25) is 5.95 Å². The minimum Gasteiger partial charge on any atom is -0.465 e. The zero-order chi connectivity index (χ0) is 22.6. The Labute approximate surface area is 174 Å². The molecule has 0 amide bonds. The van der Waals surface area contributed by atoms with E-state index in [0.29, 0.717) is 23.4 Å². The molecule has 1 aromatic carbocycles. The van der Waals surface area contributed by atoms with E-state index < -0.39 is 27.7 Å². The number of nitrogens with zero attached hydrogens (tertiary/aromatic N) is 5. The van der Waals surface area contributed by atoms with Gasteiger partial charge in [-0.15, -0.1) is 0 Å². The normalized spacial score (nSPS) is 14.5. The van der Waals surface area contributed by atoms with Gasteiger partial charge in [-0.25, -0.2) is 28.2 Å². The molecule has 3 aromatic rings. The third-order valence-corrected chi connectivity index (χ3v) is 6.01. The highest BCUT2D eigenvalue weighted by molar-refractivity contribution is 7.90. The Hall–Kier alpha value is -3.22. The first-order chi connectivity index (χ1) is 14.5. The van der Waals surface area contributed by atoms with E-state index in [0.717, 1.165) is 25.6 Å². The van der Waals surface area contributed by atoms with Gasteiger partial charge in [0.15, 0.2) is 9.84 Å². The number of halogens is 3. The first kappa shape index (κ1) is 21.0. The van der Waals surface area contributed by atoms with Crippen LogP contribution >= 0.6 is 0 Å². The van der Waals surface area contributed by atoms with Crippen LogP contribution in [0, 0.1) is 0 Å². The van der Waals surface area contributed by atoms with Crippen molar-refractivity contribution < 1.29 is 31.1 Å². The zero-order valence-electron chi connectivity index (χ0n) is 16.3. The number of rotatable bonds is 3. The molecule has 13 heteroatoms. The number of carbonyl (C=O) groups is 1. The molecule has 0 fully saturated rings. The predicted octanol–water partition coefficient (Wildman–Crippen LogP) is 2.06. The topological polar surface area (TPSA) is 107 Å². The summed E-state index contributed by atoms with van der Waals surface area (Å²) in [5.41, 5.74) is -0.314. The number of alkyl halides is 3. The van der Waals surface area contributed by atoms with Gasteiger partial charge >= 0.3 is 12.1 Å². The summed E-state index contributed by atoms with van der Waals surface area (Å²) in [4.78, 5) is 25.4. The van der Waals surface area contributed by atoms with Crippen molar-refractivity contribution in [3.05, 3.63) is 41.5 Å². The van der Waals surface area contributed by atoms with Crippen molar-refractivity contribution in [1.29, 1.82) is 0 Å². The standard InChI is InChI=1S/C18H16F3N5O4S/c1-30-16(27)10-7-11-12(8-13(10)31(2,28)29)26-6-5-25(9-15(26)23-11)17-22-4-3-14(24-17)18(19,20)21/h3-4,7-8H,5-6,9H2,1-2H3. The van der Waals surface area contributed by atoms with E-state index in [-0.39, 0.29) is 29.5 Å². The molecule has 31 heavy (non-hydrogen) atoms. The number of ether oxygens (including phenoxy) is 1. The largest absolute Gasteiger partial charge is 0.465 e. The van der Waals surface area contributed by atoms with Crippen molar-refractivity contribution in [2.75, 3.05) is 24.8 Å². The second kappa shape index (κ2) is 7.18. The van der Waals surface area contributed by atoms with Gasteiger partial charge in [-0.05, 0) is 18.2 Å². The summed E-state index contributed by atoms with van der Waals surface area (Å²) < 4.78 is 69.8. The fourth-order valence-electron chi connectivity index (χ4n) is 3.45. The molecule has 164 valence electrons. The van der Waals surface area contributed by atoms with Crippen molar-refractivity contribution in [2.45, 2.75) is 24.2 Å². The lowest BCUT2D eigenvalue weighted by Crippen LogP contribution is -2.35. The molecule has 1 aliphatic heterocycles. The molecule has 0 bridgehead atoms. The molecule has 0 saturated heterocycles. The number of benzene rings is 1. The number of anilines is 1. The number of fused-ring (bicyclic) bond motifs is 3. The summed E-state index contributed by atoms with van der Waals surface area (Å²) in [6.07, 6.45) is -2.56. The molecule has 2 aromatic heterocycles. The van der Waals surface area contributed by atoms with Crippen molar-refractivity contribution in [3.8, 4) is 0 Å². The fourth-order valence-corrected chi connectivity index (χ4v) is 4.32. The van der Waals surface area contributed by atoms with Gasteiger partial charge in [0, 0.05) is 25.5 Å². The van der Waals surface area contributed by atoms with Crippen LogP contribution in [0.3, 0.4) is 0 Å². The summed E-state index contributed by atoms with van der Waals surface area (Å²) in [7, 11) is -2.59. The van der Waals surface area contributed by atoms with E-state index >= 15 is 0 Å². The molecular weight excluding hydrogens is 439 g/mol. The van der Waals surface area contributed by atoms with Crippen LogP contribution in [0.15, 0.2) is 29.3 Å². The number of carbonyl (C=O) groups excluding carboxylic acids is 1. The monoisotopic (exact) mass is 455 g/mol. The van der Waals surface area contributed by atoms with Gasteiger partial charge in [0.05, 0.1) is 35.1 Å². The molecule has 0 spiro atoms. The van der Waals surface area contributed by atoms with E-state index in [4.69, 9.17) is 0 Å². The number of hydrogen-bond acceptors (Lipinski definition) is 8. The highest BCUT2D eigenvalue weighted by Crippen LogP contribution is 2.30. The summed E-state index contributed by atoms with van der Waals surface area (Å²) in [5.74, 6) is -0.420. The molecule has 0 N–H and O–H groups in total. The van der Waals surface area contributed by atoms with Gasteiger partial charge in [0.1, 0.15) is 11.5 Å². The Bertz CT molecular complexity index is 1300. The number of sulfone groups is 1. The van der Waals surface area contributed by atoms with Crippen molar-refractivity contribution >= 4 is 32.8 Å². The van der Waals surface area contributed by atoms with E-state index in [1.807, 2.05) is 0 Å². The summed E-state index contributed by atoms with van der Waals surface area (Å²) in [6.45, 7) is 0.705. The fraction of sp³-hybridized carbons (Fsp3) is 0.333. The lowest BCUT2D eigenvalue weighted by Gasteiger charge is -2.28. The Kier molecular flexibility index (Phi) is 4.87. The molecule has 0 aliphatic carbocycles. The van der Waals surface area contributed by atoms with Crippen LogP contribution in [0.1, 0.15) is 21.9 Å². The number of esters is 1. The molecule has 0 unspecified atom stereocenters. The second-order valence-electron chi connectivity index (χ2n) is 6.94. The number of methoxy groups -OCH3 is 1. The maximum absolute atomic E-state index is 13.0. The number of imidazole rings is 1. The van der Waals surface area contributed by atoms with Crippen molar-refractivity contribution in [3.63, 3.8) is 0 Å². The second-order valence-corrected chi connectivity index (χ2v) is 8.93. The van der Waals surface area contributed by atoms with Gasteiger partial charge in [0.25, 0.3) is 0 Å². The van der Waals surface area contributed by atoms with E-state index in [9.17, 15) is 26.4 Å². The Balaban J connectivity index is 1.77. The van der Waals surface area contributed by atoms with Crippen LogP contribution in [0.2, 0.25) is 0 Å². The van der Waals surface area contributed by atoms with Crippen LogP contribution < -0.4 is 4.90 Å². The lowest BCUT2D eigenvalue weighted by atomic mass is 10.2. The summed E-state index contributed by atoms with van der Waals surface area (Å²) >= 11 is 0. The lowest BCUT2D eigenvalue weighted by molar-refractivity contribution is -0.141. The first-order valence-electron chi connectivity index (χ1n) is 8.96. The minimum absolute atomic E-state index is 0.0831. The van der Waals surface area contributed by atoms with E-state index in [2.05, 4.69) is 19.7 Å². The highest BCUT2D eigenvalue weighted by atomic mass is 32.2. The van der Waals surface area contributed by atoms with Gasteiger partial charge in [-0.1, -0.05) is 0 Å². The maximum Gasteiger partial charge on any atom is 0.433 e. The number of aromatic nitrogens is 4. The van der Waals surface area contributed by atoms with Crippen LogP contribution in [0.25, 0.3) is 11.0 Å². The Morgan fingerprint density at radius 1 is 1.19 bits per heavy atom. The van der Waals surface area contributed by atoms with Gasteiger partial charge < -0.3 is 14.2 Å². The minimum atomic E-state index is -4.59. The maximum atomic E-state index is 13.0. The number of hydrogen-bond donors (Lipinski definition) is 0. The molecule has 3 heterocycles. The first-order valence-corrected chi connectivity index (χ1v) is 10.8. The smallest absolute Gasteiger partial charge is 0.433 e. The molecule has 1 aliphatic rings. The van der Waals surface area contributed by atoms with Crippen molar-refractivity contribution in [1.82, 2.24) is 19.5 Å². The van der Waals surface area contributed by atoms with Crippen LogP contribution in [0.5, 0.6) is 0 Å². The summed E-state index contributed by atoms with van der Waals surface area (Å²) in [5, 5.41) is 0. The quantitative estimate of drug-likeness (QED) is 0.553. The third-order valence-electron chi connectivity index (χ3n) is 4.88. The molecule has 0 atom stereocenters. The van der Waals surface area contributed by atoms with E-state index in [1.165, 1.54) is 12.1 Å². The van der Waals surface area contributed by atoms with Gasteiger partial charge in [-0.2, -0.15) is 13.2 Å². The zero-order valence-corrected chi connectivity index (χ0v) is 17.2. The van der Waals surface area contributed by atoms with E-state index in [1.54, 1.807) is 9.47 Å². The average Bonchev–Trinajstić information content (AvgIpc) is 3.07. The van der Waals surface area contributed by atoms with Crippen molar-refractivity contribution in [2.24, 2.45) is 0 Å². The predicted molar refractivity (Wildman–Crippen MR) is 102 cm³/mol. The Morgan fingerprint density at radius 2 is 1.94 bits per heavy atom. The average molecular weight is 455 g/mol. The van der Waals surface area contributed by atoms with Gasteiger partial charge in [-0.3, -0.25) is 0 Å². The molecule has 0 radical (unpaired) electrons.